The molecule has 0 saturated carbocycles. The first kappa shape index (κ1) is 17.1. The van der Waals surface area contributed by atoms with E-state index in [9.17, 15) is 10.1 Å². The zero-order chi connectivity index (χ0) is 15.3. The normalized spacial score (nSPS) is 10.9. The molecule has 0 bridgehead atoms. The van der Waals surface area contributed by atoms with Gasteiger partial charge in [-0.05, 0) is 18.9 Å². The van der Waals surface area contributed by atoms with E-state index in [0.717, 1.165) is 12.8 Å². The van der Waals surface area contributed by atoms with Crippen molar-refractivity contribution in [1.82, 2.24) is 4.98 Å². The standard InChI is InChI=1S/C15H24N4O2/c1-2-3-4-5-6-7-8-9-12-17-18-15-11-10-14(13-16-15)19(20)21/h10-13H,2-9H2,1H3,(H,16,18)/b17-12+. The van der Waals surface area contributed by atoms with Crippen LogP contribution < -0.4 is 5.43 Å². The summed E-state index contributed by atoms with van der Waals surface area (Å²) in [5, 5.41) is 14.5. The number of aromatic nitrogens is 1. The Bertz CT molecular complexity index is 432. The van der Waals surface area contributed by atoms with Crippen molar-refractivity contribution in [3.05, 3.63) is 28.4 Å². The third kappa shape index (κ3) is 8.02. The van der Waals surface area contributed by atoms with Crippen LogP contribution in [0.25, 0.3) is 0 Å². The van der Waals surface area contributed by atoms with Gasteiger partial charge in [-0.1, -0.05) is 45.4 Å². The molecule has 0 saturated heterocycles. The number of hydrazone groups is 1. The number of nitrogens with zero attached hydrogens (tertiary/aromatic N) is 3. The minimum atomic E-state index is -0.472. The Hall–Kier alpha value is -1.98. The van der Waals surface area contributed by atoms with Crippen LogP contribution in [-0.4, -0.2) is 16.1 Å². The fourth-order valence-electron chi connectivity index (χ4n) is 1.93. The number of unbranched alkanes of at least 4 members (excludes halogenated alkanes) is 7. The van der Waals surface area contributed by atoms with Crippen molar-refractivity contribution in [1.29, 1.82) is 0 Å². The van der Waals surface area contributed by atoms with Crippen molar-refractivity contribution in [3.8, 4) is 0 Å². The van der Waals surface area contributed by atoms with Gasteiger partial charge in [-0.3, -0.25) is 15.5 Å². The predicted molar refractivity (Wildman–Crippen MR) is 85.6 cm³/mol. The Kier molecular flexibility index (Phi) is 8.75. The third-order valence-corrected chi connectivity index (χ3v) is 3.17. The topological polar surface area (TPSA) is 80.4 Å². The first-order valence-electron chi connectivity index (χ1n) is 7.62. The lowest BCUT2D eigenvalue weighted by atomic mass is 10.1. The van der Waals surface area contributed by atoms with Gasteiger partial charge < -0.3 is 0 Å². The summed E-state index contributed by atoms with van der Waals surface area (Å²) >= 11 is 0. The molecule has 6 heteroatoms. The Morgan fingerprint density at radius 2 is 1.95 bits per heavy atom. The lowest BCUT2D eigenvalue weighted by Gasteiger charge is -1.99. The van der Waals surface area contributed by atoms with Crippen molar-refractivity contribution >= 4 is 17.7 Å². The van der Waals surface area contributed by atoms with E-state index in [1.54, 1.807) is 6.07 Å². The molecule has 0 atom stereocenters. The van der Waals surface area contributed by atoms with Crippen LogP contribution in [0, 0.1) is 10.1 Å². The number of hydrogen-bond donors (Lipinski definition) is 1. The molecule has 0 radical (unpaired) electrons. The van der Waals surface area contributed by atoms with Crippen LogP contribution in [0.3, 0.4) is 0 Å². The molecule has 6 nitrogen and oxygen atoms in total. The highest BCUT2D eigenvalue weighted by Gasteiger charge is 2.03. The monoisotopic (exact) mass is 292 g/mol. The van der Waals surface area contributed by atoms with Crippen LogP contribution in [0.1, 0.15) is 58.3 Å². The van der Waals surface area contributed by atoms with Crippen LogP contribution in [-0.2, 0) is 0 Å². The summed E-state index contributed by atoms with van der Waals surface area (Å²) in [6, 6.07) is 2.95. The minimum Gasteiger partial charge on any atom is -0.262 e. The second-order valence-electron chi connectivity index (χ2n) is 4.99. The van der Waals surface area contributed by atoms with Gasteiger partial charge in [0.15, 0.2) is 0 Å². The number of hydrogen-bond acceptors (Lipinski definition) is 5. The molecule has 0 amide bonds. The molecule has 0 aliphatic carbocycles. The Balaban J connectivity index is 2.08. The molecule has 0 spiro atoms. The van der Waals surface area contributed by atoms with Crippen molar-refractivity contribution in [2.75, 3.05) is 5.43 Å². The van der Waals surface area contributed by atoms with Crippen LogP contribution in [0.5, 0.6) is 0 Å². The molecule has 1 rings (SSSR count). The van der Waals surface area contributed by atoms with Gasteiger partial charge in [-0.25, -0.2) is 4.98 Å². The first-order chi connectivity index (χ1) is 10.2. The summed E-state index contributed by atoms with van der Waals surface area (Å²) in [7, 11) is 0. The second-order valence-corrected chi connectivity index (χ2v) is 4.99. The van der Waals surface area contributed by atoms with Gasteiger partial charge in [0.2, 0.25) is 0 Å². The van der Waals surface area contributed by atoms with Crippen molar-refractivity contribution in [2.24, 2.45) is 5.10 Å². The summed E-state index contributed by atoms with van der Waals surface area (Å²) in [5.41, 5.74) is 2.74. The number of anilines is 1. The fourth-order valence-corrected chi connectivity index (χ4v) is 1.93. The van der Waals surface area contributed by atoms with Crippen LogP contribution in [0.2, 0.25) is 0 Å². The van der Waals surface area contributed by atoms with Crippen molar-refractivity contribution in [2.45, 2.75) is 58.3 Å². The number of nitro groups is 1. The quantitative estimate of drug-likeness (QED) is 0.281. The zero-order valence-electron chi connectivity index (χ0n) is 12.6. The van der Waals surface area contributed by atoms with E-state index in [1.807, 2.05) is 6.21 Å². The largest absolute Gasteiger partial charge is 0.287 e. The van der Waals surface area contributed by atoms with Gasteiger partial charge in [0.1, 0.15) is 12.0 Å². The molecule has 116 valence electrons. The van der Waals surface area contributed by atoms with Crippen molar-refractivity contribution in [3.63, 3.8) is 0 Å². The summed E-state index contributed by atoms with van der Waals surface area (Å²) < 4.78 is 0. The summed E-state index contributed by atoms with van der Waals surface area (Å²) in [6.45, 7) is 2.23. The van der Waals surface area contributed by atoms with Gasteiger partial charge in [0.05, 0.1) is 4.92 Å². The second kappa shape index (κ2) is 10.8. The van der Waals surface area contributed by atoms with Gasteiger partial charge >= 0.3 is 0 Å². The van der Waals surface area contributed by atoms with Gasteiger partial charge in [0, 0.05) is 12.3 Å². The average molecular weight is 292 g/mol. The summed E-state index contributed by atoms with van der Waals surface area (Å²) in [5.74, 6) is 0.511. The maximum atomic E-state index is 10.5. The van der Waals surface area contributed by atoms with E-state index in [1.165, 1.54) is 50.8 Å². The van der Waals surface area contributed by atoms with E-state index < -0.39 is 4.92 Å². The van der Waals surface area contributed by atoms with E-state index >= 15 is 0 Å². The molecular formula is C15H24N4O2. The fraction of sp³-hybridized carbons (Fsp3) is 0.600. The molecule has 0 unspecified atom stereocenters. The zero-order valence-corrected chi connectivity index (χ0v) is 12.6. The van der Waals surface area contributed by atoms with Crippen LogP contribution in [0.4, 0.5) is 11.5 Å². The van der Waals surface area contributed by atoms with E-state index in [4.69, 9.17) is 0 Å². The van der Waals surface area contributed by atoms with Crippen LogP contribution >= 0.6 is 0 Å². The molecular weight excluding hydrogens is 268 g/mol. The average Bonchev–Trinajstić information content (AvgIpc) is 2.49. The lowest BCUT2D eigenvalue weighted by Crippen LogP contribution is -1.94. The molecule has 0 fully saturated rings. The molecule has 0 aliphatic heterocycles. The number of pyridine rings is 1. The highest BCUT2D eigenvalue weighted by atomic mass is 16.6. The summed E-state index contributed by atoms with van der Waals surface area (Å²) in [6.07, 6.45) is 13.0. The number of rotatable bonds is 11. The third-order valence-electron chi connectivity index (χ3n) is 3.17. The highest BCUT2D eigenvalue weighted by molar-refractivity contribution is 5.58. The first-order valence-corrected chi connectivity index (χ1v) is 7.62. The van der Waals surface area contributed by atoms with E-state index in [2.05, 4.69) is 22.4 Å². The molecule has 1 N–H and O–H groups in total. The maximum absolute atomic E-state index is 10.5. The summed E-state index contributed by atoms with van der Waals surface area (Å²) in [4.78, 5) is 13.9. The van der Waals surface area contributed by atoms with Crippen LogP contribution in [0.15, 0.2) is 23.4 Å². The van der Waals surface area contributed by atoms with Crippen molar-refractivity contribution < 1.29 is 4.92 Å². The Morgan fingerprint density at radius 1 is 1.24 bits per heavy atom. The highest BCUT2D eigenvalue weighted by Crippen LogP contribution is 2.11. The SMILES string of the molecule is CCCCCCCCC/C=N/Nc1ccc([N+](=O)[O-])cn1. The molecule has 1 aromatic rings. The molecule has 21 heavy (non-hydrogen) atoms. The predicted octanol–water partition coefficient (Wildman–Crippen LogP) is 4.53. The smallest absolute Gasteiger partial charge is 0.262 e. The number of nitrogens with one attached hydrogen (secondary N) is 1. The lowest BCUT2D eigenvalue weighted by molar-refractivity contribution is -0.385. The van der Waals surface area contributed by atoms with Gasteiger partial charge in [0.25, 0.3) is 5.69 Å². The van der Waals surface area contributed by atoms with E-state index in [-0.39, 0.29) is 5.69 Å². The van der Waals surface area contributed by atoms with Gasteiger partial charge in [-0.15, -0.1) is 0 Å². The van der Waals surface area contributed by atoms with E-state index in [0.29, 0.717) is 5.82 Å². The molecule has 0 aliphatic rings. The molecule has 1 heterocycles. The minimum absolute atomic E-state index is 0.0207. The Morgan fingerprint density at radius 3 is 2.57 bits per heavy atom. The maximum Gasteiger partial charge on any atom is 0.287 e. The van der Waals surface area contributed by atoms with Gasteiger partial charge in [-0.2, -0.15) is 5.10 Å². The molecule has 0 aromatic carbocycles. The molecule has 1 aromatic heterocycles. The Labute approximate surface area is 125 Å².